The fourth-order valence-corrected chi connectivity index (χ4v) is 3.67. The van der Waals surface area contributed by atoms with E-state index in [1.165, 1.54) is 6.20 Å². The molecule has 3 nitrogen and oxygen atoms in total. The molecule has 174 valence electrons. The van der Waals surface area contributed by atoms with Crippen molar-refractivity contribution in [2.45, 2.75) is 30.2 Å². The van der Waals surface area contributed by atoms with Crippen LogP contribution in [-0.2, 0) is 23.3 Å². The van der Waals surface area contributed by atoms with Gasteiger partial charge in [0.05, 0.1) is 22.4 Å². The third-order valence-corrected chi connectivity index (χ3v) is 5.66. The van der Waals surface area contributed by atoms with Crippen molar-refractivity contribution in [1.29, 1.82) is 0 Å². The van der Waals surface area contributed by atoms with Gasteiger partial charge in [-0.05, 0) is 53.4 Å². The van der Waals surface area contributed by atoms with Gasteiger partial charge in [-0.1, -0.05) is 46.9 Å². The maximum atomic E-state index is 13.1. The highest BCUT2D eigenvalue weighted by Crippen LogP contribution is 2.36. The second-order valence-electron chi connectivity index (χ2n) is 7.27. The maximum absolute atomic E-state index is 13.1. The summed E-state index contributed by atoms with van der Waals surface area (Å²) in [5, 5.41) is 2.42. The monoisotopic (exact) mass is 578 g/mol. The summed E-state index contributed by atoms with van der Waals surface area (Å²) in [5.41, 5.74) is -0.0593. The Hall–Kier alpha value is -2.63. The van der Waals surface area contributed by atoms with Crippen LogP contribution in [0.4, 0.5) is 26.3 Å². The van der Waals surface area contributed by atoms with Crippen LogP contribution in [0.15, 0.2) is 54.7 Å². The summed E-state index contributed by atoms with van der Waals surface area (Å²) < 4.78 is 79.1. The molecule has 10 heteroatoms. The number of nitrogens with one attached hydrogen (secondary N) is 1. The van der Waals surface area contributed by atoms with Crippen LogP contribution >= 0.6 is 22.6 Å². The quantitative estimate of drug-likeness (QED) is 0.202. The molecule has 1 N–H and O–H groups in total. The lowest BCUT2D eigenvalue weighted by atomic mass is 9.96. The highest BCUT2D eigenvalue weighted by molar-refractivity contribution is 14.1. The van der Waals surface area contributed by atoms with Crippen molar-refractivity contribution in [3.05, 3.63) is 88.2 Å². The van der Waals surface area contributed by atoms with Crippen LogP contribution in [-0.4, -0.2) is 10.9 Å². The van der Waals surface area contributed by atoms with E-state index in [1.54, 1.807) is 12.1 Å². The summed E-state index contributed by atoms with van der Waals surface area (Å²) in [7, 11) is 0. The largest absolute Gasteiger partial charge is 0.416 e. The molecule has 33 heavy (non-hydrogen) atoms. The zero-order chi connectivity index (χ0) is 24.4. The van der Waals surface area contributed by atoms with Crippen LogP contribution in [0.1, 0.15) is 38.3 Å². The normalized spacial score (nSPS) is 12.0. The third-order valence-electron chi connectivity index (χ3n) is 4.88. The molecule has 3 rings (SSSR count). The predicted molar refractivity (Wildman–Crippen MR) is 120 cm³/mol. The number of carbonyl (C=O) groups is 1. The average Bonchev–Trinajstić information content (AvgIpc) is 2.76. The predicted octanol–water partition coefficient (Wildman–Crippen LogP) is 6.96. The van der Waals surface area contributed by atoms with E-state index >= 15 is 0 Å². The van der Waals surface area contributed by atoms with Gasteiger partial charge in [-0.25, -0.2) is 0 Å². The lowest BCUT2D eigenvalue weighted by Gasteiger charge is -2.16. The molecule has 0 unspecified atom stereocenters. The number of hydrogen-bond donors (Lipinski definition) is 1. The second kappa shape index (κ2) is 9.70. The molecular weight excluding hydrogens is 561 g/mol. The van der Waals surface area contributed by atoms with Crippen molar-refractivity contribution >= 4 is 28.5 Å². The van der Waals surface area contributed by atoms with Gasteiger partial charge in [-0.2, -0.15) is 26.3 Å². The molecule has 1 amide bonds. The van der Waals surface area contributed by atoms with Gasteiger partial charge in [-0.15, -0.1) is 0 Å². The average molecular weight is 578 g/mol. The number of rotatable bonds is 5. The van der Waals surface area contributed by atoms with E-state index in [4.69, 9.17) is 0 Å². The Labute approximate surface area is 199 Å². The number of amides is 1. The molecule has 1 heterocycles. The molecule has 0 spiro atoms. The molecule has 0 atom stereocenters. The Morgan fingerprint density at radius 3 is 2.09 bits per heavy atom. The van der Waals surface area contributed by atoms with Gasteiger partial charge in [0.15, 0.2) is 0 Å². The number of nitrogens with zero attached hydrogens (tertiary/aromatic N) is 1. The van der Waals surface area contributed by atoms with Gasteiger partial charge in [0.25, 0.3) is 5.91 Å². The number of aryl methyl sites for hydroxylation is 1. The first-order valence-electron chi connectivity index (χ1n) is 9.57. The molecule has 0 bridgehead atoms. The molecule has 0 aliphatic heterocycles. The van der Waals surface area contributed by atoms with Crippen molar-refractivity contribution < 1.29 is 31.1 Å². The number of pyridine rings is 1. The molecule has 2 aromatic carbocycles. The summed E-state index contributed by atoms with van der Waals surface area (Å²) in [6.07, 6.45) is -8.56. The van der Waals surface area contributed by atoms with Gasteiger partial charge in [0.1, 0.15) is 0 Å². The number of alkyl halides is 7. The Kier molecular flexibility index (Phi) is 7.35. The van der Waals surface area contributed by atoms with E-state index in [1.807, 2.05) is 25.1 Å². The number of benzene rings is 2. The van der Waals surface area contributed by atoms with Gasteiger partial charge in [0, 0.05) is 17.2 Å². The van der Waals surface area contributed by atoms with Gasteiger partial charge in [0.2, 0.25) is 0 Å². The standard InChI is InChI=1S/C23H17F6IN2O/c1-13-4-2-3-5-18(13)19-9-17(10-30)31-12-20(19)21(33)32-11-14-6-15(22(24,25)26)8-16(7-14)23(27,28)29/h2-9,12H,10-11H2,1H3,(H,32,33). The van der Waals surface area contributed by atoms with Crippen molar-refractivity contribution in [3.8, 4) is 11.1 Å². The smallest absolute Gasteiger partial charge is 0.348 e. The fourth-order valence-electron chi connectivity index (χ4n) is 3.25. The van der Waals surface area contributed by atoms with Crippen LogP contribution in [0.25, 0.3) is 11.1 Å². The summed E-state index contributed by atoms with van der Waals surface area (Å²) in [4.78, 5) is 17.1. The van der Waals surface area contributed by atoms with E-state index in [0.717, 1.165) is 16.8 Å². The third kappa shape index (κ3) is 6.04. The number of hydrogen-bond acceptors (Lipinski definition) is 2. The Balaban J connectivity index is 1.94. The van der Waals surface area contributed by atoms with E-state index < -0.39 is 35.9 Å². The lowest BCUT2D eigenvalue weighted by Crippen LogP contribution is -2.24. The fraction of sp³-hybridized carbons (Fsp3) is 0.217. The maximum Gasteiger partial charge on any atom is 0.416 e. The minimum Gasteiger partial charge on any atom is -0.348 e. The van der Waals surface area contributed by atoms with Crippen molar-refractivity contribution in [2.75, 3.05) is 0 Å². The second-order valence-corrected chi connectivity index (χ2v) is 8.03. The zero-order valence-corrected chi connectivity index (χ0v) is 19.3. The number of carbonyl (C=O) groups excluding carboxylic acids is 1. The Morgan fingerprint density at radius 2 is 1.55 bits per heavy atom. The van der Waals surface area contributed by atoms with E-state index in [0.29, 0.717) is 22.1 Å². The number of aromatic nitrogens is 1. The van der Waals surface area contributed by atoms with Crippen LogP contribution in [0.2, 0.25) is 0 Å². The highest BCUT2D eigenvalue weighted by Gasteiger charge is 2.36. The van der Waals surface area contributed by atoms with Crippen molar-refractivity contribution in [3.63, 3.8) is 0 Å². The summed E-state index contributed by atoms with van der Waals surface area (Å²) >= 11 is 2.12. The van der Waals surface area contributed by atoms with Gasteiger partial charge >= 0.3 is 12.4 Å². The first kappa shape index (κ1) is 25.0. The van der Waals surface area contributed by atoms with Crippen LogP contribution < -0.4 is 5.32 Å². The molecule has 0 aliphatic carbocycles. The van der Waals surface area contributed by atoms with Gasteiger partial charge < -0.3 is 5.32 Å². The van der Waals surface area contributed by atoms with E-state index in [9.17, 15) is 31.1 Å². The van der Waals surface area contributed by atoms with Crippen molar-refractivity contribution in [2.24, 2.45) is 0 Å². The minimum absolute atomic E-state index is 0.0499. The Bertz CT molecular complexity index is 1140. The molecular formula is C23H17F6IN2O. The minimum atomic E-state index is -4.96. The molecule has 0 aliphatic rings. The summed E-state index contributed by atoms with van der Waals surface area (Å²) in [5.74, 6) is -0.660. The molecule has 0 radical (unpaired) electrons. The molecule has 3 aromatic rings. The van der Waals surface area contributed by atoms with Gasteiger partial charge in [-0.3, -0.25) is 9.78 Å². The first-order chi connectivity index (χ1) is 15.4. The molecule has 1 aromatic heterocycles. The number of halogens is 7. The van der Waals surface area contributed by atoms with E-state index in [-0.39, 0.29) is 17.2 Å². The molecule has 0 saturated carbocycles. The SMILES string of the molecule is Cc1ccccc1-c1cc(CI)ncc1C(=O)NCc1cc(C(F)(F)F)cc(C(F)(F)F)c1. The lowest BCUT2D eigenvalue weighted by molar-refractivity contribution is -0.143. The first-order valence-corrected chi connectivity index (χ1v) is 11.1. The van der Waals surface area contributed by atoms with Crippen LogP contribution in [0.3, 0.4) is 0 Å². The molecule has 0 fully saturated rings. The summed E-state index contributed by atoms with van der Waals surface area (Å²) in [6.45, 7) is 1.34. The van der Waals surface area contributed by atoms with E-state index in [2.05, 4.69) is 32.9 Å². The highest BCUT2D eigenvalue weighted by atomic mass is 127. The van der Waals surface area contributed by atoms with Crippen LogP contribution in [0, 0.1) is 6.92 Å². The van der Waals surface area contributed by atoms with Crippen molar-refractivity contribution in [1.82, 2.24) is 10.3 Å². The van der Waals surface area contributed by atoms with Crippen LogP contribution in [0.5, 0.6) is 0 Å². The Morgan fingerprint density at radius 1 is 0.939 bits per heavy atom. The molecule has 0 saturated heterocycles. The summed E-state index contributed by atoms with van der Waals surface area (Å²) in [6, 6.07) is 10.3. The topological polar surface area (TPSA) is 42.0 Å². The zero-order valence-electron chi connectivity index (χ0n) is 17.1.